The molecule has 0 aromatic carbocycles. The normalized spacial score (nSPS) is 11.8. The van der Waals surface area contributed by atoms with Gasteiger partial charge in [-0.1, -0.05) is 0 Å². The molecule has 0 saturated carbocycles. The molecule has 2 heterocycles. The fourth-order valence-corrected chi connectivity index (χ4v) is 3.21. The van der Waals surface area contributed by atoms with Crippen molar-refractivity contribution in [1.82, 2.24) is 14.5 Å². The van der Waals surface area contributed by atoms with Crippen LogP contribution in [0.25, 0.3) is 10.9 Å². The average Bonchev–Trinajstić information content (AvgIpc) is 2.49. The molecule has 1 atom stereocenters. The van der Waals surface area contributed by atoms with E-state index in [1.165, 1.54) is 0 Å². The minimum Gasteiger partial charge on any atom is -0.263 e. The van der Waals surface area contributed by atoms with Crippen molar-refractivity contribution in [3.63, 3.8) is 0 Å². The molecule has 0 amide bonds. The van der Waals surface area contributed by atoms with Gasteiger partial charge in [0, 0.05) is 17.8 Å². The molecule has 0 bridgehead atoms. The van der Waals surface area contributed by atoms with Crippen molar-refractivity contribution in [3.05, 3.63) is 23.1 Å². The van der Waals surface area contributed by atoms with Crippen LogP contribution in [0.4, 0.5) is 0 Å². The van der Waals surface area contributed by atoms with Gasteiger partial charge in [-0.15, -0.1) is 0 Å². The van der Waals surface area contributed by atoms with E-state index in [1.54, 1.807) is 6.20 Å². The molecule has 0 N–H and O–H groups in total. The summed E-state index contributed by atoms with van der Waals surface area (Å²) >= 11 is 5.75. The summed E-state index contributed by atoms with van der Waals surface area (Å²) in [6.45, 7) is 0. The molecule has 0 fully saturated rings. The molecule has 1 unspecified atom stereocenters. The van der Waals surface area contributed by atoms with Crippen molar-refractivity contribution in [2.45, 2.75) is 0 Å². The van der Waals surface area contributed by atoms with E-state index in [0.29, 0.717) is 6.37 Å². The lowest BCUT2D eigenvalue weighted by atomic mass is 10.3. The fraction of sp³-hybridized carbons (Fsp3) is 0. The van der Waals surface area contributed by atoms with Crippen LogP contribution in [-0.4, -0.2) is 14.5 Å². The largest absolute Gasteiger partial charge is 0.263 e. The SMILES string of the molecule is Brc1cncc2cnn(PI)c12. The number of hydrogen-bond acceptors (Lipinski definition) is 2. The van der Waals surface area contributed by atoms with Crippen LogP contribution in [-0.2, 0) is 0 Å². The molecule has 2 aromatic rings. The van der Waals surface area contributed by atoms with E-state index in [0.717, 1.165) is 15.4 Å². The molecule has 0 aliphatic heterocycles. The van der Waals surface area contributed by atoms with Crippen LogP contribution in [0.5, 0.6) is 0 Å². The van der Waals surface area contributed by atoms with Gasteiger partial charge in [0.15, 0.2) is 0 Å². The number of nitrogens with zero attached hydrogens (tertiary/aromatic N) is 3. The molecule has 6 heteroatoms. The van der Waals surface area contributed by atoms with Gasteiger partial charge in [0.1, 0.15) is 0 Å². The van der Waals surface area contributed by atoms with Gasteiger partial charge in [0.2, 0.25) is 0 Å². The summed E-state index contributed by atoms with van der Waals surface area (Å²) in [6.07, 6.45) is 6.06. The van der Waals surface area contributed by atoms with Gasteiger partial charge in [-0.25, -0.2) is 4.45 Å². The lowest BCUT2D eigenvalue weighted by Gasteiger charge is -1.97. The Hall–Kier alpha value is 0.260. The van der Waals surface area contributed by atoms with E-state index in [9.17, 15) is 0 Å². The molecule has 0 aliphatic carbocycles. The van der Waals surface area contributed by atoms with Crippen molar-refractivity contribution in [2.75, 3.05) is 0 Å². The molecule has 62 valence electrons. The van der Waals surface area contributed by atoms with E-state index in [1.807, 2.05) is 16.8 Å². The maximum absolute atomic E-state index is 4.23. The second-order valence-electron chi connectivity index (χ2n) is 2.20. The van der Waals surface area contributed by atoms with Crippen molar-refractivity contribution >= 4 is 55.2 Å². The number of aromatic nitrogens is 3. The van der Waals surface area contributed by atoms with Crippen LogP contribution in [0.3, 0.4) is 0 Å². The minimum atomic E-state index is 0.622. The Morgan fingerprint density at radius 3 is 3.00 bits per heavy atom. The highest BCUT2D eigenvalue weighted by atomic mass is 127. The Morgan fingerprint density at radius 1 is 1.42 bits per heavy atom. The first kappa shape index (κ1) is 8.84. The molecule has 0 radical (unpaired) electrons. The van der Waals surface area contributed by atoms with Gasteiger partial charge in [0.25, 0.3) is 0 Å². The lowest BCUT2D eigenvalue weighted by molar-refractivity contribution is 1.04. The molecule has 2 aromatic heterocycles. The third-order valence-electron chi connectivity index (χ3n) is 1.51. The summed E-state index contributed by atoms with van der Waals surface area (Å²) in [7, 11) is 0. The zero-order valence-corrected chi connectivity index (χ0v) is 10.6. The highest BCUT2D eigenvalue weighted by Crippen LogP contribution is 2.31. The minimum absolute atomic E-state index is 0.622. The van der Waals surface area contributed by atoms with Crippen molar-refractivity contribution in [2.24, 2.45) is 0 Å². The van der Waals surface area contributed by atoms with E-state index in [4.69, 9.17) is 0 Å². The van der Waals surface area contributed by atoms with Gasteiger partial charge in [-0.3, -0.25) is 4.98 Å². The van der Waals surface area contributed by atoms with Gasteiger partial charge in [-0.2, -0.15) is 5.10 Å². The topological polar surface area (TPSA) is 30.7 Å². The fourth-order valence-electron chi connectivity index (χ4n) is 1.00. The van der Waals surface area contributed by atoms with Gasteiger partial charge >= 0.3 is 0 Å². The molecule has 3 nitrogen and oxygen atoms in total. The third kappa shape index (κ3) is 1.38. The Bertz CT molecular complexity index is 416. The van der Waals surface area contributed by atoms with Crippen LogP contribution in [0, 0.1) is 0 Å². The quantitative estimate of drug-likeness (QED) is 0.581. The van der Waals surface area contributed by atoms with Crippen LogP contribution in [0.1, 0.15) is 0 Å². The maximum Gasteiger partial charge on any atom is 0.0902 e. The predicted molar refractivity (Wildman–Crippen MR) is 63.0 cm³/mol. The second kappa shape index (κ2) is 3.55. The smallest absolute Gasteiger partial charge is 0.0902 e. The molecule has 12 heavy (non-hydrogen) atoms. The Kier molecular flexibility index (Phi) is 2.62. The third-order valence-corrected chi connectivity index (χ3v) is 3.96. The molecule has 0 aliphatic rings. The van der Waals surface area contributed by atoms with Crippen LogP contribution in [0.15, 0.2) is 23.1 Å². The van der Waals surface area contributed by atoms with Crippen molar-refractivity contribution in [1.29, 1.82) is 0 Å². The summed E-state index contributed by atoms with van der Waals surface area (Å²) in [5.41, 5.74) is 1.12. The standard InChI is InChI=1S/C6H4BrIN3P/c7-5-3-9-1-4-2-10-11(12-8)6(4)5/h1-3,12H. The molecule has 0 spiro atoms. The average molecular weight is 356 g/mol. The van der Waals surface area contributed by atoms with E-state index in [-0.39, 0.29) is 0 Å². The summed E-state index contributed by atoms with van der Waals surface area (Å²) in [5.74, 6) is 0. The van der Waals surface area contributed by atoms with E-state index >= 15 is 0 Å². The molecular formula is C6H4BrIN3P. The zero-order valence-electron chi connectivity index (χ0n) is 5.83. The second-order valence-corrected chi connectivity index (χ2v) is 5.09. The van der Waals surface area contributed by atoms with Crippen molar-refractivity contribution < 1.29 is 0 Å². The van der Waals surface area contributed by atoms with Gasteiger partial charge in [-0.05, 0) is 38.0 Å². The van der Waals surface area contributed by atoms with E-state index < -0.39 is 0 Å². The first-order chi connectivity index (χ1) is 5.83. The maximum atomic E-state index is 4.23. The Morgan fingerprint density at radius 2 is 2.25 bits per heavy atom. The highest BCUT2D eigenvalue weighted by Gasteiger charge is 2.04. The van der Waals surface area contributed by atoms with E-state index in [2.05, 4.69) is 48.1 Å². The zero-order chi connectivity index (χ0) is 8.55. The number of rotatable bonds is 1. The monoisotopic (exact) mass is 355 g/mol. The number of halogens is 2. The van der Waals surface area contributed by atoms with Crippen molar-refractivity contribution in [3.8, 4) is 0 Å². The lowest BCUT2D eigenvalue weighted by Crippen LogP contribution is -1.83. The van der Waals surface area contributed by atoms with Crippen LogP contribution < -0.4 is 0 Å². The summed E-state index contributed by atoms with van der Waals surface area (Å²) < 4.78 is 2.96. The number of fused-ring (bicyclic) bond motifs is 1. The van der Waals surface area contributed by atoms with Crippen LogP contribution in [0.2, 0.25) is 0 Å². The summed E-state index contributed by atoms with van der Waals surface area (Å²) in [6, 6.07) is 0. The Labute approximate surface area is 92.4 Å². The summed E-state index contributed by atoms with van der Waals surface area (Å²) in [4.78, 5) is 4.06. The first-order valence-corrected chi connectivity index (χ1v) is 8.02. The summed E-state index contributed by atoms with van der Waals surface area (Å²) in [5, 5.41) is 5.30. The first-order valence-electron chi connectivity index (χ1n) is 3.17. The molecule has 2 rings (SSSR count). The van der Waals surface area contributed by atoms with Gasteiger partial charge < -0.3 is 0 Å². The van der Waals surface area contributed by atoms with Gasteiger partial charge in [0.05, 0.1) is 22.6 Å². The molecule has 0 saturated heterocycles. The van der Waals surface area contributed by atoms with Crippen LogP contribution >= 0.6 is 44.3 Å². The highest BCUT2D eigenvalue weighted by molar-refractivity contribution is 14.2. The molecular weight excluding hydrogens is 352 g/mol. The number of pyridine rings is 1. The number of hydrogen-bond donors (Lipinski definition) is 0. The Balaban J connectivity index is 2.83. The predicted octanol–water partition coefficient (Wildman–Crippen LogP) is 2.99.